The van der Waals surface area contributed by atoms with E-state index in [1.165, 1.54) is 0 Å². The van der Waals surface area contributed by atoms with Crippen LogP contribution in [0, 0.1) is 0 Å². The molecule has 5 nitrogen and oxygen atoms in total. The monoisotopic (exact) mass is 191 g/mol. The van der Waals surface area contributed by atoms with Crippen molar-refractivity contribution < 1.29 is 9.59 Å². The first kappa shape index (κ1) is 8.68. The number of imide groups is 1. The van der Waals surface area contributed by atoms with Crippen LogP contribution in [0.25, 0.3) is 0 Å². The fourth-order valence-electron chi connectivity index (χ4n) is 1.38. The van der Waals surface area contributed by atoms with E-state index in [1.807, 2.05) is 0 Å². The molecule has 14 heavy (non-hydrogen) atoms. The van der Waals surface area contributed by atoms with Gasteiger partial charge in [0.25, 0.3) is 5.91 Å². The lowest BCUT2D eigenvalue weighted by Crippen LogP contribution is -2.41. The van der Waals surface area contributed by atoms with E-state index in [9.17, 15) is 9.59 Å². The van der Waals surface area contributed by atoms with E-state index in [0.717, 1.165) is 0 Å². The summed E-state index contributed by atoms with van der Waals surface area (Å²) >= 11 is 0. The SMILES string of the molecule is CC1(c2ccccn2)NC(=O)NC1=O. The van der Waals surface area contributed by atoms with Crippen LogP contribution in [0.15, 0.2) is 24.4 Å². The summed E-state index contributed by atoms with van der Waals surface area (Å²) in [6, 6.07) is 4.74. The van der Waals surface area contributed by atoms with Gasteiger partial charge >= 0.3 is 6.03 Å². The lowest BCUT2D eigenvalue weighted by molar-refractivity contribution is -0.123. The quantitative estimate of drug-likeness (QED) is 0.620. The van der Waals surface area contributed by atoms with Crippen molar-refractivity contribution in [1.29, 1.82) is 0 Å². The molecule has 0 aliphatic carbocycles. The predicted molar refractivity (Wildman–Crippen MR) is 48.3 cm³/mol. The summed E-state index contributed by atoms with van der Waals surface area (Å²) in [5, 5.41) is 4.71. The number of amides is 3. The summed E-state index contributed by atoms with van der Waals surface area (Å²) in [4.78, 5) is 26.5. The molecule has 1 aromatic heterocycles. The average molecular weight is 191 g/mol. The second-order valence-electron chi connectivity index (χ2n) is 3.25. The van der Waals surface area contributed by atoms with Gasteiger partial charge in [-0.15, -0.1) is 0 Å². The number of urea groups is 1. The largest absolute Gasteiger partial charge is 0.322 e. The molecule has 1 aromatic rings. The Morgan fingerprint density at radius 3 is 2.64 bits per heavy atom. The minimum atomic E-state index is -1.04. The molecule has 0 radical (unpaired) electrons. The predicted octanol–water partition coefficient (Wildman–Crippen LogP) is 0.136. The summed E-state index contributed by atoms with van der Waals surface area (Å²) in [7, 11) is 0. The summed E-state index contributed by atoms with van der Waals surface area (Å²) in [6.45, 7) is 1.62. The molecule has 1 saturated heterocycles. The van der Waals surface area contributed by atoms with Gasteiger partial charge in [-0.1, -0.05) is 6.07 Å². The second kappa shape index (κ2) is 2.80. The van der Waals surface area contributed by atoms with Crippen molar-refractivity contribution in [2.75, 3.05) is 0 Å². The van der Waals surface area contributed by atoms with Crippen molar-refractivity contribution in [3.63, 3.8) is 0 Å². The fourth-order valence-corrected chi connectivity index (χ4v) is 1.38. The highest BCUT2D eigenvalue weighted by molar-refractivity contribution is 6.06. The lowest BCUT2D eigenvalue weighted by Gasteiger charge is -2.19. The number of rotatable bonds is 1. The maximum Gasteiger partial charge on any atom is 0.322 e. The van der Waals surface area contributed by atoms with Crippen molar-refractivity contribution >= 4 is 11.9 Å². The number of carbonyl (C=O) groups is 2. The third-order valence-corrected chi connectivity index (χ3v) is 2.22. The van der Waals surface area contributed by atoms with Gasteiger partial charge in [0.1, 0.15) is 0 Å². The highest BCUT2D eigenvalue weighted by Crippen LogP contribution is 2.21. The summed E-state index contributed by atoms with van der Waals surface area (Å²) in [5.74, 6) is -0.374. The molecule has 3 amide bonds. The zero-order valence-electron chi connectivity index (χ0n) is 7.57. The Balaban J connectivity index is 2.43. The van der Waals surface area contributed by atoms with Gasteiger partial charge in [0, 0.05) is 6.20 Å². The van der Waals surface area contributed by atoms with Crippen molar-refractivity contribution in [3.8, 4) is 0 Å². The van der Waals surface area contributed by atoms with Gasteiger partial charge in [-0.25, -0.2) is 4.79 Å². The number of pyridine rings is 1. The molecule has 2 rings (SSSR count). The van der Waals surface area contributed by atoms with E-state index in [0.29, 0.717) is 5.69 Å². The highest BCUT2D eigenvalue weighted by Gasteiger charge is 2.44. The molecule has 1 fully saturated rings. The molecule has 2 heterocycles. The van der Waals surface area contributed by atoms with E-state index >= 15 is 0 Å². The van der Waals surface area contributed by atoms with E-state index in [2.05, 4.69) is 15.6 Å². The number of nitrogens with zero attached hydrogens (tertiary/aromatic N) is 1. The van der Waals surface area contributed by atoms with Gasteiger partial charge in [-0.2, -0.15) is 0 Å². The van der Waals surface area contributed by atoms with E-state index in [1.54, 1.807) is 31.3 Å². The zero-order chi connectivity index (χ0) is 10.2. The molecule has 5 heteroatoms. The first-order valence-corrected chi connectivity index (χ1v) is 4.18. The maximum atomic E-state index is 11.5. The number of hydrogen-bond acceptors (Lipinski definition) is 3. The Morgan fingerprint density at radius 1 is 1.36 bits per heavy atom. The van der Waals surface area contributed by atoms with Crippen LogP contribution in [-0.2, 0) is 10.3 Å². The number of carbonyl (C=O) groups excluding carboxylic acids is 2. The molecule has 1 aliphatic heterocycles. The van der Waals surface area contributed by atoms with Gasteiger partial charge in [0.05, 0.1) is 5.69 Å². The van der Waals surface area contributed by atoms with Crippen molar-refractivity contribution in [2.45, 2.75) is 12.5 Å². The van der Waals surface area contributed by atoms with Crippen molar-refractivity contribution in [3.05, 3.63) is 30.1 Å². The number of hydrogen-bond donors (Lipinski definition) is 2. The van der Waals surface area contributed by atoms with Crippen LogP contribution in [0.2, 0.25) is 0 Å². The van der Waals surface area contributed by atoms with Crippen molar-refractivity contribution in [1.82, 2.24) is 15.6 Å². The van der Waals surface area contributed by atoms with Crippen LogP contribution in [0.3, 0.4) is 0 Å². The number of aromatic nitrogens is 1. The second-order valence-corrected chi connectivity index (χ2v) is 3.25. The molecule has 72 valence electrons. The Kier molecular flexibility index (Phi) is 1.73. The Morgan fingerprint density at radius 2 is 2.14 bits per heavy atom. The fraction of sp³-hybridized carbons (Fsp3) is 0.222. The van der Waals surface area contributed by atoms with Crippen LogP contribution in [0.5, 0.6) is 0 Å². The van der Waals surface area contributed by atoms with Gasteiger partial charge in [0.15, 0.2) is 5.54 Å². The zero-order valence-corrected chi connectivity index (χ0v) is 7.57. The molecule has 1 unspecified atom stereocenters. The summed E-state index contributed by atoms with van der Waals surface area (Å²) in [5.41, 5.74) is -0.512. The smallest absolute Gasteiger partial charge is 0.318 e. The van der Waals surface area contributed by atoms with E-state index < -0.39 is 11.6 Å². The van der Waals surface area contributed by atoms with Crippen LogP contribution in [-0.4, -0.2) is 16.9 Å². The average Bonchev–Trinajstić information content (AvgIpc) is 2.43. The van der Waals surface area contributed by atoms with Gasteiger partial charge in [0.2, 0.25) is 0 Å². The lowest BCUT2D eigenvalue weighted by atomic mass is 9.98. The topological polar surface area (TPSA) is 71.1 Å². The standard InChI is InChI=1S/C9H9N3O2/c1-9(6-4-2-3-5-10-6)7(13)11-8(14)12-9/h2-5H,1H3,(H2,11,12,13,14). The molecule has 2 N–H and O–H groups in total. The normalized spacial score (nSPS) is 25.8. The molecular weight excluding hydrogens is 182 g/mol. The Hall–Kier alpha value is -1.91. The van der Waals surface area contributed by atoms with Gasteiger partial charge < -0.3 is 5.32 Å². The molecule has 0 saturated carbocycles. The first-order valence-electron chi connectivity index (χ1n) is 4.18. The van der Waals surface area contributed by atoms with Gasteiger partial charge in [-0.05, 0) is 19.1 Å². The van der Waals surface area contributed by atoms with Crippen LogP contribution in [0.1, 0.15) is 12.6 Å². The third kappa shape index (κ3) is 1.14. The van der Waals surface area contributed by atoms with Crippen molar-refractivity contribution in [2.24, 2.45) is 0 Å². The summed E-state index contributed by atoms with van der Waals surface area (Å²) < 4.78 is 0. The molecule has 0 aromatic carbocycles. The highest BCUT2D eigenvalue weighted by atomic mass is 16.2. The first-order chi connectivity index (χ1) is 6.63. The Labute approximate surface area is 80.5 Å². The number of nitrogens with one attached hydrogen (secondary N) is 2. The van der Waals surface area contributed by atoms with Gasteiger partial charge in [-0.3, -0.25) is 15.1 Å². The maximum absolute atomic E-state index is 11.5. The van der Waals surface area contributed by atoms with E-state index in [4.69, 9.17) is 0 Å². The molecular formula is C9H9N3O2. The molecule has 0 spiro atoms. The van der Waals surface area contributed by atoms with Crippen LogP contribution in [0.4, 0.5) is 4.79 Å². The summed E-state index contributed by atoms with van der Waals surface area (Å²) in [6.07, 6.45) is 1.58. The molecule has 0 bridgehead atoms. The Bertz CT molecular complexity index is 390. The van der Waals surface area contributed by atoms with Crippen LogP contribution >= 0.6 is 0 Å². The third-order valence-electron chi connectivity index (χ3n) is 2.22. The minimum Gasteiger partial charge on any atom is -0.318 e. The molecule has 1 aliphatic rings. The molecule has 1 atom stereocenters. The minimum absolute atomic E-state index is 0.374. The van der Waals surface area contributed by atoms with E-state index in [-0.39, 0.29) is 5.91 Å². The van der Waals surface area contributed by atoms with Crippen LogP contribution < -0.4 is 10.6 Å².